The summed E-state index contributed by atoms with van der Waals surface area (Å²) in [5, 5.41) is 9.54. The summed E-state index contributed by atoms with van der Waals surface area (Å²) in [6.07, 6.45) is 34.3. The van der Waals surface area contributed by atoms with Crippen LogP contribution >= 0.6 is 0 Å². The van der Waals surface area contributed by atoms with Gasteiger partial charge >= 0.3 is 11.9 Å². The van der Waals surface area contributed by atoms with Crippen LogP contribution < -0.4 is 0 Å². The van der Waals surface area contributed by atoms with E-state index in [2.05, 4.69) is 25.7 Å². The molecular formula is C41H81NO5. The van der Waals surface area contributed by atoms with Crippen LogP contribution in [0, 0.1) is 0 Å². The topological polar surface area (TPSA) is 76.1 Å². The van der Waals surface area contributed by atoms with Gasteiger partial charge in [-0.2, -0.15) is 0 Å². The van der Waals surface area contributed by atoms with Crippen molar-refractivity contribution in [2.45, 2.75) is 219 Å². The lowest BCUT2D eigenvalue weighted by molar-refractivity contribution is -0.150. The lowest BCUT2D eigenvalue weighted by Gasteiger charge is -2.21. The summed E-state index contributed by atoms with van der Waals surface area (Å²) >= 11 is 0. The highest BCUT2D eigenvalue weighted by Crippen LogP contribution is 2.18. The van der Waals surface area contributed by atoms with Crippen molar-refractivity contribution in [3.63, 3.8) is 0 Å². The van der Waals surface area contributed by atoms with Gasteiger partial charge in [0, 0.05) is 19.4 Å². The Balaban J connectivity index is 4.00. The molecule has 280 valence electrons. The second kappa shape index (κ2) is 37.7. The molecule has 0 heterocycles. The normalized spacial score (nSPS) is 11.5. The van der Waals surface area contributed by atoms with Gasteiger partial charge in [-0.1, -0.05) is 143 Å². The van der Waals surface area contributed by atoms with Gasteiger partial charge < -0.3 is 19.5 Å². The van der Waals surface area contributed by atoms with Crippen LogP contribution in [0.4, 0.5) is 0 Å². The van der Waals surface area contributed by atoms with Crippen molar-refractivity contribution in [2.24, 2.45) is 0 Å². The molecule has 0 aromatic rings. The minimum absolute atomic E-state index is 0.000472. The van der Waals surface area contributed by atoms with E-state index < -0.39 is 0 Å². The molecule has 0 spiro atoms. The van der Waals surface area contributed by atoms with E-state index in [4.69, 9.17) is 9.47 Å². The zero-order chi connectivity index (χ0) is 34.5. The molecule has 0 unspecified atom stereocenters. The quantitative estimate of drug-likeness (QED) is 0.0521. The average molecular weight is 668 g/mol. The molecule has 0 saturated heterocycles. The summed E-state index contributed by atoms with van der Waals surface area (Å²) in [5.41, 5.74) is 0. The summed E-state index contributed by atoms with van der Waals surface area (Å²) in [6, 6.07) is 0. The highest BCUT2D eigenvalue weighted by atomic mass is 16.5. The van der Waals surface area contributed by atoms with Crippen LogP contribution in [0.5, 0.6) is 0 Å². The molecule has 0 amide bonds. The van der Waals surface area contributed by atoms with E-state index in [1.807, 2.05) is 0 Å². The molecule has 1 N–H and O–H groups in total. The van der Waals surface area contributed by atoms with Gasteiger partial charge in [0.15, 0.2) is 0 Å². The van der Waals surface area contributed by atoms with Gasteiger partial charge in [-0.3, -0.25) is 9.59 Å². The molecule has 0 aromatic heterocycles. The van der Waals surface area contributed by atoms with E-state index >= 15 is 0 Å². The van der Waals surface area contributed by atoms with E-state index in [1.165, 1.54) is 116 Å². The van der Waals surface area contributed by atoms with Gasteiger partial charge in [0.25, 0.3) is 0 Å². The van der Waals surface area contributed by atoms with Crippen molar-refractivity contribution >= 4 is 11.9 Å². The van der Waals surface area contributed by atoms with Gasteiger partial charge in [0.1, 0.15) is 6.10 Å². The fourth-order valence-electron chi connectivity index (χ4n) is 6.35. The third kappa shape index (κ3) is 34.5. The second-order valence-corrected chi connectivity index (χ2v) is 14.1. The van der Waals surface area contributed by atoms with Crippen molar-refractivity contribution < 1.29 is 24.2 Å². The van der Waals surface area contributed by atoms with Crippen molar-refractivity contribution in [1.29, 1.82) is 0 Å². The van der Waals surface area contributed by atoms with E-state index in [9.17, 15) is 14.7 Å². The number of hydrogen-bond acceptors (Lipinski definition) is 6. The number of ether oxygens (including phenoxy) is 2. The third-order valence-electron chi connectivity index (χ3n) is 9.45. The summed E-state index contributed by atoms with van der Waals surface area (Å²) in [7, 11) is 0. The SMILES string of the molecule is CCCCCCCCC(CCCCCCCC)OC(=O)CCCCCN(CCO)CCCCCCCCCCC(=O)OCCCCC. The van der Waals surface area contributed by atoms with Gasteiger partial charge in [-0.25, -0.2) is 0 Å². The average Bonchev–Trinajstić information content (AvgIpc) is 3.06. The molecule has 6 heteroatoms. The Hall–Kier alpha value is -1.14. The van der Waals surface area contributed by atoms with E-state index in [0.717, 1.165) is 83.8 Å². The number of aliphatic hydroxyl groups excluding tert-OH is 1. The zero-order valence-corrected chi connectivity index (χ0v) is 31.9. The van der Waals surface area contributed by atoms with Crippen LogP contribution in [0.25, 0.3) is 0 Å². The second-order valence-electron chi connectivity index (χ2n) is 14.1. The van der Waals surface area contributed by atoms with Crippen LogP contribution in [-0.2, 0) is 19.1 Å². The fourth-order valence-corrected chi connectivity index (χ4v) is 6.35. The Morgan fingerprint density at radius 3 is 1.40 bits per heavy atom. The third-order valence-corrected chi connectivity index (χ3v) is 9.45. The number of unbranched alkanes of at least 4 members (excludes halogenated alkanes) is 21. The predicted octanol–water partition coefficient (Wildman–Crippen LogP) is 11.5. The number of carbonyl (C=O) groups is 2. The smallest absolute Gasteiger partial charge is 0.306 e. The zero-order valence-electron chi connectivity index (χ0n) is 31.9. The van der Waals surface area contributed by atoms with Crippen LogP contribution in [-0.4, -0.2) is 60.9 Å². The first kappa shape index (κ1) is 45.9. The largest absolute Gasteiger partial charge is 0.466 e. The molecule has 0 saturated carbocycles. The van der Waals surface area contributed by atoms with Crippen LogP contribution in [0.15, 0.2) is 0 Å². The lowest BCUT2D eigenvalue weighted by atomic mass is 10.0. The number of aliphatic hydroxyl groups is 1. The Kier molecular flexibility index (Phi) is 36.8. The molecule has 0 fully saturated rings. The number of nitrogens with zero attached hydrogens (tertiary/aromatic N) is 1. The molecule has 0 rings (SSSR count). The summed E-state index contributed by atoms with van der Waals surface area (Å²) in [6.45, 7) is 10.2. The number of esters is 2. The maximum Gasteiger partial charge on any atom is 0.306 e. The standard InChI is InChI=1S/C41H81NO5/c1-4-7-10-12-18-23-30-39(31-24-19-13-11-8-5-2)47-41(45)33-26-22-28-35-42(36-37-43)34-27-21-17-15-14-16-20-25-32-40(44)46-38-29-9-6-3/h39,43H,4-38H2,1-3H3. The van der Waals surface area contributed by atoms with Crippen LogP contribution in [0.1, 0.15) is 213 Å². The molecule has 6 nitrogen and oxygen atoms in total. The first-order chi connectivity index (χ1) is 23.1. The maximum absolute atomic E-state index is 12.7. The van der Waals surface area contributed by atoms with Crippen molar-refractivity contribution in [1.82, 2.24) is 4.90 Å². The van der Waals surface area contributed by atoms with Crippen molar-refractivity contribution in [2.75, 3.05) is 32.8 Å². The molecule has 0 bridgehead atoms. The van der Waals surface area contributed by atoms with Crippen molar-refractivity contribution in [3.05, 3.63) is 0 Å². The molecule has 0 aliphatic heterocycles. The van der Waals surface area contributed by atoms with Gasteiger partial charge in [-0.15, -0.1) is 0 Å². The van der Waals surface area contributed by atoms with Crippen LogP contribution in [0.3, 0.4) is 0 Å². The molecule has 0 aliphatic rings. The van der Waals surface area contributed by atoms with E-state index in [0.29, 0.717) is 19.4 Å². The minimum Gasteiger partial charge on any atom is -0.466 e. The molecule has 0 aliphatic carbocycles. The highest BCUT2D eigenvalue weighted by Gasteiger charge is 2.14. The van der Waals surface area contributed by atoms with Gasteiger partial charge in [-0.05, 0) is 70.9 Å². The number of carbonyl (C=O) groups excluding carboxylic acids is 2. The number of rotatable bonds is 38. The lowest BCUT2D eigenvalue weighted by Crippen LogP contribution is -2.29. The molecular weight excluding hydrogens is 586 g/mol. The first-order valence-corrected chi connectivity index (χ1v) is 20.8. The Labute approximate surface area is 292 Å². The Morgan fingerprint density at radius 2 is 0.894 bits per heavy atom. The summed E-state index contributed by atoms with van der Waals surface area (Å²) in [4.78, 5) is 26.8. The predicted molar refractivity (Wildman–Crippen MR) is 200 cm³/mol. The first-order valence-electron chi connectivity index (χ1n) is 20.8. The minimum atomic E-state index is -0.0302. The molecule has 0 radical (unpaired) electrons. The molecule has 0 aromatic carbocycles. The molecule has 0 atom stereocenters. The number of hydrogen-bond donors (Lipinski definition) is 1. The van der Waals surface area contributed by atoms with E-state index in [-0.39, 0.29) is 24.6 Å². The fraction of sp³-hybridized carbons (Fsp3) is 0.951. The summed E-state index contributed by atoms with van der Waals surface area (Å²) in [5.74, 6) is -0.0307. The summed E-state index contributed by atoms with van der Waals surface area (Å²) < 4.78 is 11.3. The van der Waals surface area contributed by atoms with E-state index in [1.54, 1.807) is 0 Å². The van der Waals surface area contributed by atoms with Gasteiger partial charge in [0.05, 0.1) is 13.2 Å². The van der Waals surface area contributed by atoms with Gasteiger partial charge in [0.2, 0.25) is 0 Å². The highest BCUT2D eigenvalue weighted by molar-refractivity contribution is 5.69. The Morgan fingerprint density at radius 1 is 0.489 bits per heavy atom. The maximum atomic E-state index is 12.7. The monoisotopic (exact) mass is 668 g/mol. The van der Waals surface area contributed by atoms with Crippen LogP contribution in [0.2, 0.25) is 0 Å². The van der Waals surface area contributed by atoms with Crippen molar-refractivity contribution in [3.8, 4) is 0 Å². The molecule has 47 heavy (non-hydrogen) atoms. The Bertz CT molecular complexity index is 642.